The van der Waals surface area contributed by atoms with Crippen molar-refractivity contribution in [2.75, 3.05) is 26.2 Å². The second-order valence-electron chi connectivity index (χ2n) is 5.51. The van der Waals surface area contributed by atoms with Gasteiger partial charge in [-0.3, -0.25) is 0 Å². The first-order chi connectivity index (χ1) is 10.9. The van der Waals surface area contributed by atoms with Gasteiger partial charge in [-0.25, -0.2) is 4.68 Å². The van der Waals surface area contributed by atoms with Gasteiger partial charge in [0, 0.05) is 949 Å². The number of piperidine rings is 2. The number of nitrogens with one attached hydrogen (secondary N) is 2. The molecule has 0 amide bonds. The molecule has 4 heterocycles. The van der Waals surface area contributed by atoms with E-state index >= 15 is 0 Å². The van der Waals surface area contributed by atoms with Crippen molar-refractivity contribution < 1.29 is 949 Å². The summed E-state index contributed by atoms with van der Waals surface area (Å²) < 4.78 is 1.85. The van der Waals surface area contributed by atoms with Crippen LogP contribution in [-0.2, 0) is 949 Å². The van der Waals surface area contributed by atoms with E-state index in [0.717, 1.165) is 51.9 Å². The number of tetrazole rings is 2. The maximum absolute atomic E-state index is 4.01. The standard InChI is InChI=1S/2C6H11N5.29Y/c1-3-7-4-2-6(1)11-5-8-9-10-11;1-3-7-4-2-6(1)11-9-5-8-10-11;;;;;;;;;;;;;;;;;;;;;;;;;;;;;/h2*5-7H,1-4H2;;;;;;;;;;;;;;;;;;;;;;;;;;;;;. The molecule has 0 aliphatic carbocycles. The molecule has 2 aliphatic rings. The van der Waals surface area contributed by atoms with Gasteiger partial charge in [-0.1, -0.05) is 0 Å². The SMILES string of the molecule is [Y].[Y].[Y].[Y].[Y].[Y].[Y].[Y].[Y].[Y].[Y].[Y].[Y].[Y].[Y].[Y].[Y].[Y].[Y].[Y].[Y].[Y].[Y].[Y].[Y].[Y].[Y].[Y].[Y].c1nnn(C2CCNCC2)n1.c1nnnn1C1CCNCC1. The minimum absolute atomic E-state index is 0. The molecule has 0 aromatic carbocycles. The van der Waals surface area contributed by atoms with E-state index < -0.39 is 0 Å². The smallest absolute Gasteiger partial charge is 0.162 e. The number of rotatable bonds is 2. The van der Waals surface area contributed by atoms with Crippen LogP contribution in [0.2, 0.25) is 0 Å². The molecule has 2 saturated heterocycles. The molecule has 2 aromatic rings. The van der Waals surface area contributed by atoms with Gasteiger partial charge in [0.15, 0.2) is 6.33 Å². The Balaban J connectivity index is -0.00000000576. The summed E-state index contributed by atoms with van der Waals surface area (Å²) in [6.45, 7) is 4.27. The first-order valence-electron chi connectivity index (χ1n) is 7.80. The van der Waals surface area contributed by atoms with Crippen molar-refractivity contribution in [2.24, 2.45) is 0 Å². The van der Waals surface area contributed by atoms with Crippen molar-refractivity contribution in [1.29, 1.82) is 0 Å². The average molecular weight is 2880 g/mol. The quantitative estimate of drug-likeness (QED) is 0.400. The third kappa shape index (κ3) is 105. The molecule has 2 fully saturated rings. The second-order valence-corrected chi connectivity index (χ2v) is 5.51. The normalized spacial score (nSPS) is 8.78. The molecule has 29 radical (unpaired) electrons. The number of aromatic nitrogens is 8. The number of hydrogen-bond acceptors (Lipinski definition) is 8. The zero-order chi connectivity index (χ0) is 15.0. The van der Waals surface area contributed by atoms with Crippen LogP contribution >= 0.6 is 0 Å². The fourth-order valence-electron chi connectivity index (χ4n) is 2.79. The Hall–Kier alpha value is 30.1. The molecule has 2 aliphatic heterocycles. The Kier molecular flexibility index (Phi) is 484. The molecular formula is C12H22N10Y29. The molecule has 39 heteroatoms. The maximum atomic E-state index is 4.01. The van der Waals surface area contributed by atoms with E-state index in [0.29, 0.717) is 12.1 Å². The third-order valence-corrected chi connectivity index (χ3v) is 4.05. The van der Waals surface area contributed by atoms with Crippen molar-refractivity contribution in [3.63, 3.8) is 0 Å². The van der Waals surface area contributed by atoms with Gasteiger partial charge in [-0.15, -0.1) is 15.3 Å². The summed E-state index contributed by atoms with van der Waals surface area (Å²) >= 11 is 0. The van der Waals surface area contributed by atoms with Crippen molar-refractivity contribution >= 4 is 0 Å². The van der Waals surface area contributed by atoms with Crippen LogP contribution in [0.25, 0.3) is 0 Å². The van der Waals surface area contributed by atoms with E-state index in [9.17, 15) is 0 Å². The van der Waals surface area contributed by atoms with Gasteiger partial charge in [0.05, 0.1) is 12.1 Å². The Morgan fingerprint density at radius 1 is 0.373 bits per heavy atom. The Bertz CT molecular complexity index is 500. The van der Waals surface area contributed by atoms with Gasteiger partial charge < -0.3 is 10.6 Å². The molecule has 51 heavy (non-hydrogen) atoms. The van der Waals surface area contributed by atoms with Gasteiger partial charge in [0.1, 0.15) is 6.33 Å². The Labute approximate surface area is 1040 Å². The van der Waals surface area contributed by atoms with Gasteiger partial charge >= 0.3 is 0 Å². The predicted molar refractivity (Wildman–Crippen MR) is 77.9 cm³/mol. The summed E-state index contributed by atoms with van der Waals surface area (Å²) in [5.74, 6) is 0. The molecule has 0 atom stereocenters. The first kappa shape index (κ1) is 178. The van der Waals surface area contributed by atoms with E-state index in [1.807, 2.05) is 4.68 Å². The van der Waals surface area contributed by atoms with Gasteiger partial charge in [-0.2, -0.15) is 4.80 Å². The van der Waals surface area contributed by atoms with Crippen LogP contribution in [0.5, 0.6) is 0 Å². The van der Waals surface area contributed by atoms with Crippen molar-refractivity contribution in [3.05, 3.63) is 12.7 Å². The predicted octanol–water partition coefficient (Wildman–Crippen LogP) is -0.877. The molecule has 0 unspecified atom stereocenters. The van der Waals surface area contributed by atoms with Crippen LogP contribution in [0.15, 0.2) is 12.7 Å². The molecule has 10 nitrogen and oxygen atoms in total. The second kappa shape index (κ2) is 139. The first-order valence-corrected chi connectivity index (χ1v) is 7.80. The fourth-order valence-corrected chi connectivity index (χ4v) is 2.79. The third-order valence-electron chi connectivity index (χ3n) is 4.05. The van der Waals surface area contributed by atoms with E-state index in [2.05, 4.69) is 41.6 Å². The van der Waals surface area contributed by atoms with Gasteiger partial charge in [0.2, 0.25) is 0 Å². The van der Waals surface area contributed by atoms with Crippen LogP contribution in [0.4, 0.5) is 0 Å². The Morgan fingerprint density at radius 2 is 0.667 bits per heavy atom. The fraction of sp³-hybridized carbons (Fsp3) is 0.833. The number of nitrogens with zero attached hydrogens (tertiary/aromatic N) is 8. The molecule has 0 spiro atoms. The minimum Gasteiger partial charge on any atom is -0.317 e. The molecular weight excluding hydrogens is 2860 g/mol. The summed E-state index contributed by atoms with van der Waals surface area (Å²) in [6.07, 6.45) is 7.65. The zero-order valence-electron chi connectivity index (χ0n) is 29.3. The molecule has 2 N–H and O–H groups in total. The van der Waals surface area contributed by atoms with Crippen LogP contribution in [0.3, 0.4) is 0 Å². The van der Waals surface area contributed by atoms with Gasteiger partial charge in [-0.05, 0) is 67.5 Å². The van der Waals surface area contributed by atoms with Crippen LogP contribution in [0.1, 0.15) is 37.8 Å². The summed E-state index contributed by atoms with van der Waals surface area (Å²) in [7, 11) is 0. The molecule has 2 aromatic heterocycles. The molecule has 0 saturated carbocycles. The van der Waals surface area contributed by atoms with Crippen LogP contribution < -0.4 is 10.6 Å². The van der Waals surface area contributed by atoms with Gasteiger partial charge in [0.25, 0.3) is 0 Å². The summed E-state index contributed by atoms with van der Waals surface area (Å²) in [5.41, 5.74) is 0. The van der Waals surface area contributed by atoms with E-state index in [1.165, 1.54) is 6.33 Å². The van der Waals surface area contributed by atoms with E-state index in [-0.39, 0.29) is 949 Å². The van der Waals surface area contributed by atoms with Crippen LogP contribution in [0, 0.1) is 0 Å². The summed E-state index contributed by atoms with van der Waals surface area (Å²) in [6, 6.07) is 0.963. The van der Waals surface area contributed by atoms with Crippen molar-refractivity contribution in [1.82, 2.24) is 51.0 Å². The molecule has 4 rings (SSSR count). The van der Waals surface area contributed by atoms with Crippen LogP contribution in [-0.4, -0.2) is 66.6 Å². The Morgan fingerprint density at radius 3 is 0.902 bits per heavy atom. The largest absolute Gasteiger partial charge is 0.317 e. The molecule has 207 valence electrons. The summed E-state index contributed by atoms with van der Waals surface area (Å²) in [4.78, 5) is 1.71. The number of hydrogen-bond donors (Lipinski definition) is 2. The topological polar surface area (TPSA) is 111 Å². The van der Waals surface area contributed by atoms with Crippen molar-refractivity contribution in [2.45, 2.75) is 37.8 Å². The minimum atomic E-state index is 0. The summed E-state index contributed by atoms with van der Waals surface area (Å²) in [5, 5.41) is 29.2. The maximum Gasteiger partial charge on any atom is 0.162 e. The van der Waals surface area contributed by atoms with E-state index in [1.54, 1.807) is 11.1 Å². The monoisotopic (exact) mass is 2880 g/mol. The molecule has 0 bridgehead atoms. The average Bonchev–Trinajstić information content (AvgIpc) is 3.31. The zero-order valence-corrected chi connectivity index (χ0v) is 112. The van der Waals surface area contributed by atoms with Crippen molar-refractivity contribution in [3.8, 4) is 0 Å². The van der Waals surface area contributed by atoms with E-state index in [4.69, 9.17) is 0 Å².